The maximum atomic E-state index is 11.5. The topological polar surface area (TPSA) is 67.4 Å². The van der Waals surface area contributed by atoms with E-state index in [1.165, 1.54) is 0 Å². The average Bonchev–Trinajstić information content (AvgIpc) is 2.67. The highest BCUT2D eigenvalue weighted by Gasteiger charge is 2.31. The predicted octanol–water partition coefficient (Wildman–Crippen LogP) is 0.761. The molecule has 5 nitrogen and oxygen atoms in total. The van der Waals surface area contributed by atoms with Crippen LogP contribution in [0.15, 0.2) is 24.3 Å². The zero-order valence-corrected chi connectivity index (χ0v) is 10.4. The summed E-state index contributed by atoms with van der Waals surface area (Å²) in [4.78, 5) is 22.6. The van der Waals surface area contributed by atoms with E-state index < -0.39 is 6.04 Å². The molecule has 1 saturated heterocycles. The molecule has 1 aliphatic rings. The first-order valence-electron chi connectivity index (χ1n) is 5.84. The van der Waals surface area contributed by atoms with E-state index in [1.54, 1.807) is 7.11 Å². The van der Waals surface area contributed by atoms with Gasteiger partial charge in [0, 0.05) is 11.6 Å². The second kappa shape index (κ2) is 5.18. The van der Waals surface area contributed by atoms with Crippen molar-refractivity contribution in [1.29, 1.82) is 0 Å². The molecule has 5 heteroatoms. The van der Waals surface area contributed by atoms with E-state index in [1.807, 2.05) is 31.2 Å². The SMILES string of the molecule is COc1ccccc1[C@H](C)NC1CC(=O)NC1=O. The molecule has 18 heavy (non-hydrogen) atoms. The zero-order valence-electron chi connectivity index (χ0n) is 10.4. The molecule has 0 saturated carbocycles. The smallest absolute Gasteiger partial charge is 0.244 e. The summed E-state index contributed by atoms with van der Waals surface area (Å²) in [7, 11) is 1.61. The summed E-state index contributed by atoms with van der Waals surface area (Å²) in [5.41, 5.74) is 0.965. The number of methoxy groups -OCH3 is 1. The van der Waals surface area contributed by atoms with Crippen LogP contribution in [0.3, 0.4) is 0 Å². The van der Waals surface area contributed by atoms with Crippen molar-refractivity contribution >= 4 is 11.8 Å². The number of carbonyl (C=O) groups is 2. The van der Waals surface area contributed by atoms with Gasteiger partial charge in [0.25, 0.3) is 0 Å². The van der Waals surface area contributed by atoms with Gasteiger partial charge in [-0.15, -0.1) is 0 Å². The molecule has 0 aliphatic carbocycles. The Bertz CT molecular complexity index is 473. The van der Waals surface area contributed by atoms with Gasteiger partial charge >= 0.3 is 0 Å². The van der Waals surface area contributed by atoms with Gasteiger partial charge in [0.15, 0.2) is 0 Å². The van der Waals surface area contributed by atoms with E-state index in [-0.39, 0.29) is 24.3 Å². The van der Waals surface area contributed by atoms with Gasteiger partial charge < -0.3 is 4.74 Å². The highest BCUT2D eigenvalue weighted by Crippen LogP contribution is 2.25. The van der Waals surface area contributed by atoms with Crippen molar-refractivity contribution in [2.45, 2.75) is 25.4 Å². The third-order valence-electron chi connectivity index (χ3n) is 3.03. The Morgan fingerprint density at radius 3 is 2.72 bits per heavy atom. The maximum Gasteiger partial charge on any atom is 0.244 e. The second-order valence-corrected chi connectivity index (χ2v) is 4.30. The summed E-state index contributed by atoms with van der Waals surface area (Å²) in [6, 6.07) is 7.08. The minimum Gasteiger partial charge on any atom is -0.496 e. The van der Waals surface area contributed by atoms with Gasteiger partial charge in [-0.1, -0.05) is 18.2 Å². The molecule has 2 N–H and O–H groups in total. The molecule has 1 fully saturated rings. The number of para-hydroxylation sites is 1. The van der Waals surface area contributed by atoms with Crippen molar-refractivity contribution < 1.29 is 14.3 Å². The third-order valence-corrected chi connectivity index (χ3v) is 3.03. The van der Waals surface area contributed by atoms with Crippen molar-refractivity contribution in [3.63, 3.8) is 0 Å². The Morgan fingerprint density at radius 2 is 2.11 bits per heavy atom. The normalized spacial score (nSPS) is 20.7. The highest BCUT2D eigenvalue weighted by atomic mass is 16.5. The first kappa shape index (κ1) is 12.6. The predicted molar refractivity (Wildman–Crippen MR) is 66.1 cm³/mol. The van der Waals surface area contributed by atoms with Crippen LogP contribution in [0.25, 0.3) is 0 Å². The minimum atomic E-state index is -0.461. The van der Waals surface area contributed by atoms with E-state index in [4.69, 9.17) is 4.74 Å². The molecule has 1 aliphatic heterocycles. The largest absolute Gasteiger partial charge is 0.496 e. The molecule has 2 rings (SSSR count). The Hall–Kier alpha value is -1.88. The van der Waals surface area contributed by atoms with Crippen molar-refractivity contribution in [3.8, 4) is 5.75 Å². The fraction of sp³-hybridized carbons (Fsp3) is 0.385. The lowest BCUT2D eigenvalue weighted by Crippen LogP contribution is -2.37. The summed E-state index contributed by atoms with van der Waals surface area (Å²) in [6.07, 6.45) is 0.193. The van der Waals surface area contributed by atoms with E-state index >= 15 is 0 Å². The van der Waals surface area contributed by atoms with Crippen LogP contribution in [0, 0.1) is 0 Å². The molecule has 1 unspecified atom stereocenters. The number of amides is 2. The zero-order chi connectivity index (χ0) is 13.1. The van der Waals surface area contributed by atoms with E-state index in [0.717, 1.165) is 11.3 Å². The van der Waals surface area contributed by atoms with Crippen LogP contribution < -0.4 is 15.4 Å². The molecule has 1 aromatic rings. The molecule has 1 heterocycles. The highest BCUT2D eigenvalue weighted by molar-refractivity contribution is 6.05. The molecule has 96 valence electrons. The van der Waals surface area contributed by atoms with Gasteiger partial charge in [-0.3, -0.25) is 20.2 Å². The van der Waals surface area contributed by atoms with Gasteiger partial charge in [0.2, 0.25) is 11.8 Å². The van der Waals surface area contributed by atoms with Gasteiger partial charge in [-0.2, -0.15) is 0 Å². The maximum absolute atomic E-state index is 11.5. The number of imide groups is 1. The van der Waals surface area contributed by atoms with Crippen molar-refractivity contribution in [2.75, 3.05) is 7.11 Å². The van der Waals surface area contributed by atoms with Gasteiger partial charge in [-0.25, -0.2) is 0 Å². The minimum absolute atomic E-state index is 0.0669. The molecule has 0 bridgehead atoms. The van der Waals surface area contributed by atoms with Crippen LogP contribution >= 0.6 is 0 Å². The Morgan fingerprint density at radius 1 is 1.39 bits per heavy atom. The fourth-order valence-corrected chi connectivity index (χ4v) is 2.10. The molecule has 0 aromatic heterocycles. The molecular weight excluding hydrogens is 232 g/mol. The monoisotopic (exact) mass is 248 g/mol. The summed E-state index contributed by atoms with van der Waals surface area (Å²) < 4.78 is 5.27. The first-order chi connectivity index (χ1) is 8.61. The lowest BCUT2D eigenvalue weighted by atomic mass is 10.1. The number of hydrogen-bond donors (Lipinski definition) is 2. The fourth-order valence-electron chi connectivity index (χ4n) is 2.10. The van der Waals surface area contributed by atoms with Crippen molar-refractivity contribution in [1.82, 2.24) is 10.6 Å². The van der Waals surface area contributed by atoms with Crippen LogP contribution in [0.4, 0.5) is 0 Å². The lowest BCUT2D eigenvalue weighted by molar-refractivity contribution is -0.125. The summed E-state index contributed by atoms with van der Waals surface area (Å²) in [5, 5.41) is 5.42. The number of carbonyl (C=O) groups excluding carboxylic acids is 2. The van der Waals surface area contributed by atoms with Crippen LogP contribution in [0.5, 0.6) is 5.75 Å². The van der Waals surface area contributed by atoms with Crippen LogP contribution in [-0.4, -0.2) is 25.0 Å². The van der Waals surface area contributed by atoms with Crippen molar-refractivity contribution in [2.24, 2.45) is 0 Å². The Labute approximate surface area is 106 Å². The standard InChI is InChI=1S/C13H16N2O3/c1-8(9-5-3-4-6-11(9)18-2)14-10-7-12(16)15-13(10)17/h3-6,8,10,14H,7H2,1-2H3,(H,15,16,17)/t8-,10?/m0/s1. The Balaban J connectivity index is 2.10. The molecule has 0 radical (unpaired) electrons. The van der Waals surface area contributed by atoms with Crippen LogP contribution in [0.2, 0.25) is 0 Å². The number of ether oxygens (including phenoxy) is 1. The second-order valence-electron chi connectivity index (χ2n) is 4.30. The average molecular weight is 248 g/mol. The van der Waals surface area contributed by atoms with E-state index in [0.29, 0.717) is 0 Å². The van der Waals surface area contributed by atoms with E-state index in [2.05, 4.69) is 10.6 Å². The number of hydrogen-bond acceptors (Lipinski definition) is 4. The molecule has 2 amide bonds. The van der Waals surface area contributed by atoms with Gasteiger partial charge in [-0.05, 0) is 13.0 Å². The van der Waals surface area contributed by atoms with Gasteiger partial charge in [0.05, 0.1) is 19.6 Å². The summed E-state index contributed by atoms with van der Waals surface area (Å²) in [6.45, 7) is 1.94. The van der Waals surface area contributed by atoms with E-state index in [9.17, 15) is 9.59 Å². The van der Waals surface area contributed by atoms with Crippen molar-refractivity contribution in [3.05, 3.63) is 29.8 Å². The first-order valence-corrected chi connectivity index (χ1v) is 5.84. The molecule has 0 spiro atoms. The molecule has 1 aromatic carbocycles. The Kier molecular flexibility index (Phi) is 3.62. The molecular formula is C13H16N2O3. The quantitative estimate of drug-likeness (QED) is 0.772. The number of nitrogens with one attached hydrogen (secondary N) is 2. The summed E-state index contributed by atoms with van der Waals surface area (Å²) in [5.74, 6) is 0.272. The summed E-state index contributed by atoms with van der Waals surface area (Å²) >= 11 is 0. The number of rotatable bonds is 4. The number of benzene rings is 1. The van der Waals surface area contributed by atoms with Gasteiger partial charge in [0.1, 0.15) is 5.75 Å². The van der Waals surface area contributed by atoms with Crippen LogP contribution in [0.1, 0.15) is 24.9 Å². The van der Waals surface area contributed by atoms with Crippen LogP contribution in [-0.2, 0) is 9.59 Å². The lowest BCUT2D eigenvalue weighted by Gasteiger charge is -2.19. The third kappa shape index (κ3) is 2.51. The molecule has 2 atom stereocenters.